The van der Waals surface area contributed by atoms with Gasteiger partial charge in [0.15, 0.2) is 0 Å². The van der Waals surface area contributed by atoms with Crippen LogP contribution in [0.3, 0.4) is 0 Å². The Hall–Kier alpha value is 3.83. The molecule has 0 fully saturated rings. The van der Waals surface area contributed by atoms with Crippen LogP contribution in [-0.2, 0) is 17.1 Å². The molecule has 0 nitrogen and oxygen atoms in total. The van der Waals surface area contributed by atoms with Crippen molar-refractivity contribution < 1.29 is 55.5 Å². The summed E-state index contributed by atoms with van der Waals surface area (Å²) in [6.45, 7) is 0. The molecule has 4 heteroatoms. The summed E-state index contributed by atoms with van der Waals surface area (Å²) < 4.78 is 0. The Kier molecular flexibility index (Phi) is 98.5. The van der Waals surface area contributed by atoms with Gasteiger partial charge in [-0.3, -0.25) is 0 Å². The van der Waals surface area contributed by atoms with Gasteiger partial charge in [-0.15, -0.1) is 0 Å². The average Bonchev–Trinajstić information content (AvgIpc) is 0. The summed E-state index contributed by atoms with van der Waals surface area (Å²) in [6, 6.07) is 0. The number of hydrogen-bond donors (Lipinski definition) is 0. The van der Waals surface area contributed by atoms with Crippen molar-refractivity contribution in [3.8, 4) is 0 Å². The summed E-state index contributed by atoms with van der Waals surface area (Å²) in [5.74, 6) is 0. The summed E-state index contributed by atoms with van der Waals surface area (Å²) >= 11 is 0. The van der Waals surface area contributed by atoms with Gasteiger partial charge in [-0.2, -0.15) is 0 Å². The van der Waals surface area contributed by atoms with Crippen LogP contribution in [0.25, 0.3) is 0 Å². The van der Waals surface area contributed by atoms with Crippen molar-refractivity contribution in [1.29, 1.82) is 0 Å². The van der Waals surface area contributed by atoms with Crippen molar-refractivity contribution in [1.82, 2.24) is 0 Å². The van der Waals surface area contributed by atoms with E-state index in [0.29, 0.717) is 0 Å². The SMILES string of the molecule is [GaH3].[H-].[H-].[La].[Mn].[Sr+2]. The molecule has 0 rings (SSSR count). The Morgan fingerprint density at radius 3 is 1.25 bits per heavy atom. The fourth-order valence-electron chi connectivity index (χ4n) is 0. The molecular formula is H5GaLaMnSr. The van der Waals surface area contributed by atoms with Crippen molar-refractivity contribution in [2.75, 3.05) is 0 Å². The van der Waals surface area contributed by atoms with Gasteiger partial charge in [0.1, 0.15) is 0 Å². The second-order valence-electron chi connectivity index (χ2n) is 0. The second kappa shape index (κ2) is 15.8. The van der Waals surface area contributed by atoms with E-state index in [1.165, 1.54) is 0 Å². The van der Waals surface area contributed by atoms with E-state index in [1.54, 1.807) is 0 Å². The van der Waals surface area contributed by atoms with Crippen molar-refractivity contribution >= 4 is 65.3 Å². The molecule has 0 aliphatic heterocycles. The average molecular weight is 356 g/mol. The summed E-state index contributed by atoms with van der Waals surface area (Å²) in [7, 11) is 0. The molecule has 4 heavy (non-hydrogen) atoms. The first-order valence-electron chi connectivity index (χ1n) is 0. The van der Waals surface area contributed by atoms with Gasteiger partial charge >= 0.3 is 65.3 Å². The van der Waals surface area contributed by atoms with E-state index in [2.05, 4.69) is 0 Å². The molecule has 0 saturated carbocycles. The van der Waals surface area contributed by atoms with Crippen molar-refractivity contribution in [3.05, 3.63) is 0 Å². The van der Waals surface area contributed by atoms with Gasteiger partial charge in [0, 0.05) is 52.7 Å². The molecule has 0 aromatic heterocycles. The second-order valence-corrected chi connectivity index (χ2v) is 0. The van der Waals surface area contributed by atoms with E-state index >= 15 is 0 Å². The third kappa shape index (κ3) is 9.27. The maximum Gasteiger partial charge on any atom is 2.00 e. The molecule has 0 unspecified atom stereocenters. The van der Waals surface area contributed by atoms with Crippen LogP contribution in [0.5, 0.6) is 0 Å². The largest absolute Gasteiger partial charge is 2.00 e. The fourth-order valence-corrected chi connectivity index (χ4v) is 0. The van der Waals surface area contributed by atoms with E-state index in [4.69, 9.17) is 0 Å². The molecule has 0 N–H and O–H groups in total. The van der Waals surface area contributed by atoms with E-state index in [1.807, 2.05) is 0 Å². The summed E-state index contributed by atoms with van der Waals surface area (Å²) in [6.07, 6.45) is 0. The molecule has 0 bridgehead atoms. The first-order chi connectivity index (χ1) is 0. The zero-order valence-electron chi connectivity index (χ0n) is 3.66. The van der Waals surface area contributed by atoms with Gasteiger partial charge in [-0.25, -0.2) is 0 Å². The Bertz CT molecular complexity index is 13.5. The third-order valence-corrected chi connectivity index (χ3v) is 0. The minimum absolute atomic E-state index is 0. The van der Waals surface area contributed by atoms with E-state index in [-0.39, 0.29) is 121 Å². The normalized spacial score (nSPS) is 0. The molecular weight excluding hydrogens is 351 g/mol. The van der Waals surface area contributed by atoms with E-state index < -0.39 is 0 Å². The van der Waals surface area contributed by atoms with Gasteiger partial charge < -0.3 is 2.85 Å². The van der Waals surface area contributed by atoms with Crippen LogP contribution in [0, 0.1) is 35.6 Å². The van der Waals surface area contributed by atoms with Gasteiger partial charge in [-0.1, -0.05) is 0 Å². The molecule has 0 aliphatic carbocycles. The molecule has 2 radical (unpaired) electrons. The zero-order valence-corrected chi connectivity index (χ0v) is 9.94. The Balaban J connectivity index is 0. The Morgan fingerprint density at radius 1 is 1.25 bits per heavy atom. The minimum atomic E-state index is 0. The molecule has 0 atom stereocenters. The summed E-state index contributed by atoms with van der Waals surface area (Å²) in [5.41, 5.74) is 0. The van der Waals surface area contributed by atoms with Crippen LogP contribution < -0.4 is 0 Å². The van der Waals surface area contributed by atoms with Crippen LogP contribution in [0.1, 0.15) is 2.85 Å². The predicted molar refractivity (Wildman–Crippen MR) is 17.9 cm³/mol. The quantitative estimate of drug-likeness (QED) is 0.472. The van der Waals surface area contributed by atoms with Crippen molar-refractivity contribution in [3.63, 3.8) is 0 Å². The van der Waals surface area contributed by atoms with Crippen molar-refractivity contribution in [2.45, 2.75) is 0 Å². The van der Waals surface area contributed by atoms with Crippen LogP contribution in [0.15, 0.2) is 0 Å². The van der Waals surface area contributed by atoms with Crippen molar-refractivity contribution in [2.24, 2.45) is 0 Å². The third-order valence-electron chi connectivity index (χ3n) is 0. The monoisotopic (exact) mass is 356 g/mol. The topological polar surface area (TPSA) is 0 Å². The van der Waals surface area contributed by atoms with Crippen LogP contribution in [0.2, 0.25) is 0 Å². The standard InChI is InChI=1S/Ga.La.Mn.Sr.5H/q;;;+2;;;;2*-1. The maximum atomic E-state index is 0. The minimum Gasteiger partial charge on any atom is -1.00 e. The zero-order chi connectivity index (χ0) is 0. The maximum absolute atomic E-state index is 0. The van der Waals surface area contributed by atoms with Gasteiger partial charge in [-0.05, 0) is 0 Å². The first-order valence-corrected chi connectivity index (χ1v) is 0. The molecule has 20 valence electrons. The predicted octanol–water partition coefficient (Wildman–Crippen LogP) is -1.34. The molecule has 0 heterocycles. The van der Waals surface area contributed by atoms with Gasteiger partial charge in [0.2, 0.25) is 0 Å². The molecule has 0 aromatic rings. The molecule has 0 spiro atoms. The van der Waals surface area contributed by atoms with Gasteiger partial charge in [0.05, 0.1) is 0 Å². The van der Waals surface area contributed by atoms with E-state index in [9.17, 15) is 0 Å². The number of rotatable bonds is 0. The Labute approximate surface area is 118 Å². The molecule has 0 aliphatic rings. The fraction of sp³-hybridized carbons (Fsp3) is 0. The summed E-state index contributed by atoms with van der Waals surface area (Å²) in [4.78, 5) is 0. The van der Waals surface area contributed by atoms with E-state index in [0.717, 1.165) is 0 Å². The molecule has 0 aromatic carbocycles. The Morgan fingerprint density at radius 2 is 1.25 bits per heavy atom. The first kappa shape index (κ1) is 24.9. The smallest absolute Gasteiger partial charge is 1.00 e. The molecule has 0 amide bonds. The van der Waals surface area contributed by atoms with Crippen LogP contribution in [0.4, 0.5) is 0 Å². The molecule has 0 saturated heterocycles. The summed E-state index contributed by atoms with van der Waals surface area (Å²) in [5, 5.41) is 0. The number of hydrogen-bond acceptors (Lipinski definition) is 0. The van der Waals surface area contributed by atoms with Gasteiger partial charge in [0.25, 0.3) is 0 Å². The van der Waals surface area contributed by atoms with Crippen LogP contribution in [-0.4, -0.2) is 65.3 Å². The van der Waals surface area contributed by atoms with Crippen LogP contribution >= 0.6 is 0 Å².